The van der Waals surface area contributed by atoms with Crippen molar-refractivity contribution >= 4 is 34.9 Å². The highest BCUT2D eigenvalue weighted by Crippen LogP contribution is 2.28. The number of carbonyl (C=O) groups is 2. The highest BCUT2D eigenvalue weighted by atomic mass is 19.4. The first kappa shape index (κ1) is 23.8. The van der Waals surface area contributed by atoms with Crippen LogP contribution in [-0.2, 0) is 22.2 Å². The van der Waals surface area contributed by atoms with Crippen LogP contribution in [0.5, 0.6) is 0 Å². The van der Waals surface area contributed by atoms with Gasteiger partial charge in [-0.25, -0.2) is 19.9 Å². The number of H-pyrrole nitrogens is 1. The summed E-state index contributed by atoms with van der Waals surface area (Å²) in [5.41, 5.74) is 0.0193. The molecule has 4 rings (SSSR count). The number of aromatic amines is 1. The summed E-state index contributed by atoms with van der Waals surface area (Å²) in [5.74, 6) is 0.0971. The van der Waals surface area contributed by atoms with Crippen molar-refractivity contribution in [2.45, 2.75) is 38.9 Å². The summed E-state index contributed by atoms with van der Waals surface area (Å²) in [6.45, 7) is 3.35. The molecule has 1 atom stereocenters. The van der Waals surface area contributed by atoms with E-state index in [1.165, 1.54) is 12.5 Å². The van der Waals surface area contributed by atoms with Gasteiger partial charge in [0.1, 0.15) is 29.7 Å². The first-order valence-electron chi connectivity index (χ1n) is 10.4. The lowest BCUT2D eigenvalue weighted by molar-refractivity contribution is -0.141. The Morgan fingerprint density at radius 2 is 2.09 bits per heavy atom. The molecule has 11 nitrogen and oxygen atoms in total. The van der Waals surface area contributed by atoms with Gasteiger partial charge >= 0.3 is 6.18 Å². The molecule has 1 aliphatic rings. The Labute approximate surface area is 195 Å². The van der Waals surface area contributed by atoms with E-state index < -0.39 is 23.8 Å². The van der Waals surface area contributed by atoms with Gasteiger partial charge in [-0.05, 0) is 32.4 Å². The van der Waals surface area contributed by atoms with Gasteiger partial charge in [-0.2, -0.15) is 13.2 Å². The first-order chi connectivity index (χ1) is 16.7. The van der Waals surface area contributed by atoms with E-state index in [9.17, 15) is 22.8 Å². The molecule has 35 heavy (non-hydrogen) atoms. The molecule has 2 amide bonds. The number of hydrogen-bond acceptors (Lipinski definition) is 8. The number of aromatic nitrogens is 5. The molecular weight excluding hydrogens is 469 g/mol. The SMILES string of the molecule is C/C=C(\O/N=C/c1nc2cc(C(F)(F)F)ncc2[nH]1)C(C)NC(=O)c1ncnc2c1CCC(=O)N2. The standard InChI is InChI=1S/C21H19F3N8O3/c1-3-14(10(2)29-20(34)18-11-4-5-17(33)32-19(11)27-9-26-18)35-28-8-16-30-12-6-15(21(22,23)24)25-7-13(12)31-16/h3,6-10H,4-5H2,1-2H3,(H,29,34)(H,30,31)(H,26,27,32,33)/b14-3-,28-8+. The van der Waals surface area contributed by atoms with Crippen LogP contribution in [-0.4, -0.2) is 49.0 Å². The van der Waals surface area contributed by atoms with E-state index >= 15 is 0 Å². The number of amides is 2. The number of imidazole rings is 1. The van der Waals surface area contributed by atoms with E-state index in [1.807, 2.05) is 0 Å². The zero-order valence-electron chi connectivity index (χ0n) is 18.5. The molecule has 1 unspecified atom stereocenters. The van der Waals surface area contributed by atoms with Crippen molar-refractivity contribution in [3.8, 4) is 0 Å². The van der Waals surface area contributed by atoms with Gasteiger partial charge in [0, 0.05) is 12.0 Å². The minimum atomic E-state index is -4.58. The number of pyridine rings is 1. The molecule has 0 saturated carbocycles. The summed E-state index contributed by atoms with van der Waals surface area (Å²) >= 11 is 0. The molecule has 1 aliphatic heterocycles. The summed E-state index contributed by atoms with van der Waals surface area (Å²) in [4.78, 5) is 47.9. The lowest BCUT2D eigenvalue weighted by Crippen LogP contribution is -2.36. The Kier molecular flexibility index (Phi) is 6.44. The maximum absolute atomic E-state index is 12.8. The predicted octanol–water partition coefficient (Wildman–Crippen LogP) is 2.72. The van der Waals surface area contributed by atoms with Crippen molar-refractivity contribution in [1.82, 2.24) is 30.2 Å². The molecule has 3 aromatic rings. The lowest BCUT2D eigenvalue weighted by atomic mass is 10.0. The van der Waals surface area contributed by atoms with Crippen LogP contribution in [0.15, 0.2) is 35.6 Å². The molecule has 0 saturated heterocycles. The van der Waals surface area contributed by atoms with Gasteiger partial charge in [-0.1, -0.05) is 5.16 Å². The fourth-order valence-corrected chi connectivity index (χ4v) is 3.39. The molecule has 0 radical (unpaired) electrons. The van der Waals surface area contributed by atoms with Crippen LogP contribution in [0.4, 0.5) is 19.0 Å². The van der Waals surface area contributed by atoms with E-state index in [0.717, 1.165) is 12.3 Å². The molecule has 0 spiro atoms. The number of hydrogen-bond donors (Lipinski definition) is 3. The number of halogens is 3. The number of anilines is 1. The van der Waals surface area contributed by atoms with E-state index in [-0.39, 0.29) is 29.4 Å². The van der Waals surface area contributed by atoms with Crippen molar-refractivity contribution < 1.29 is 27.6 Å². The van der Waals surface area contributed by atoms with E-state index in [0.29, 0.717) is 29.1 Å². The minimum absolute atomic E-state index is 0.0741. The van der Waals surface area contributed by atoms with Crippen LogP contribution < -0.4 is 10.6 Å². The van der Waals surface area contributed by atoms with Crippen LogP contribution in [0.25, 0.3) is 11.0 Å². The van der Waals surface area contributed by atoms with E-state index in [2.05, 4.69) is 40.7 Å². The van der Waals surface area contributed by atoms with Gasteiger partial charge in [0.2, 0.25) is 5.91 Å². The van der Waals surface area contributed by atoms with Crippen LogP contribution >= 0.6 is 0 Å². The third kappa shape index (κ3) is 5.26. The Bertz CT molecular complexity index is 1350. The van der Waals surface area contributed by atoms with Gasteiger partial charge in [0.25, 0.3) is 5.91 Å². The Morgan fingerprint density at radius 1 is 1.29 bits per heavy atom. The quantitative estimate of drug-likeness (QED) is 0.275. The van der Waals surface area contributed by atoms with Gasteiger partial charge < -0.3 is 20.5 Å². The topological polar surface area (TPSA) is 147 Å². The summed E-state index contributed by atoms with van der Waals surface area (Å²) in [7, 11) is 0. The fraction of sp³-hybridized carbons (Fsp3) is 0.286. The fourth-order valence-electron chi connectivity index (χ4n) is 3.39. The number of allylic oxidation sites excluding steroid dienone is 1. The van der Waals surface area contributed by atoms with Gasteiger partial charge in [0.15, 0.2) is 11.6 Å². The summed E-state index contributed by atoms with van der Waals surface area (Å²) in [6.07, 6.45) is 1.00. The number of nitrogens with one attached hydrogen (secondary N) is 3. The summed E-state index contributed by atoms with van der Waals surface area (Å²) in [6, 6.07) is 0.221. The smallest absolute Gasteiger partial charge is 0.359 e. The number of carbonyl (C=O) groups excluding carboxylic acids is 2. The zero-order valence-corrected chi connectivity index (χ0v) is 18.5. The molecule has 3 aromatic heterocycles. The minimum Gasteiger partial charge on any atom is -0.359 e. The second-order valence-electron chi connectivity index (χ2n) is 7.52. The van der Waals surface area contributed by atoms with Crippen LogP contribution in [0.1, 0.15) is 47.8 Å². The second kappa shape index (κ2) is 9.48. The molecule has 182 valence electrons. The summed E-state index contributed by atoms with van der Waals surface area (Å²) < 4.78 is 38.5. The van der Waals surface area contributed by atoms with Crippen molar-refractivity contribution in [2.24, 2.45) is 5.16 Å². The molecule has 0 aromatic carbocycles. The van der Waals surface area contributed by atoms with Crippen molar-refractivity contribution in [3.05, 3.63) is 53.2 Å². The zero-order chi connectivity index (χ0) is 25.2. The number of fused-ring (bicyclic) bond motifs is 2. The molecule has 0 bridgehead atoms. The highest BCUT2D eigenvalue weighted by molar-refractivity contribution is 5.99. The average molecular weight is 488 g/mol. The summed E-state index contributed by atoms with van der Waals surface area (Å²) in [5, 5.41) is 9.17. The Hall–Kier alpha value is -4.36. The van der Waals surface area contributed by atoms with Crippen LogP contribution in [0.3, 0.4) is 0 Å². The van der Waals surface area contributed by atoms with Gasteiger partial charge in [0.05, 0.1) is 23.3 Å². The Morgan fingerprint density at radius 3 is 2.83 bits per heavy atom. The van der Waals surface area contributed by atoms with Crippen molar-refractivity contribution in [3.63, 3.8) is 0 Å². The molecule has 4 heterocycles. The maximum atomic E-state index is 12.8. The van der Waals surface area contributed by atoms with Gasteiger partial charge in [-0.15, -0.1) is 0 Å². The van der Waals surface area contributed by atoms with Gasteiger partial charge in [-0.3, -0.25) is 9.59 Å². The number of nitrogens with zero attached hydrogens (tertiary/aromatic N) is 5. The third-order valence-corrected chi connectivity index (χ3v) is 5.09. The average Bonchev–Trinajstić information content (AvgIpc) is 3.22. The molecule has 14 heteroatoms. The van der Waals surface area contributed by atoms with Crippen LogP contribution in [0, 0.1) is 0 Å². The molecule has 0 aliphatic carbocycles. The highest BCUT2D eigenvalue weighted by Gasteiger charge is 2.32. The number of oxime groups is 1. The van der Waals surface area contributed by atoms with Crippen molar-refractivity contribution in [2.75, 3.05) is 5.32 Å². The lowest BCUT2D eigenvalue weighted by Gasteiger charge is -2.19. The second-order valence-corrected chi connectivity index (χ2v) is 7.52. The monoisotopic (exact) mass is 488 g/mol. The normalized spacial score (nSPS) is 15.1. The number of alkyl halides is 3. The predicted molar refractivity (Wildman–Crippen MR) is 117 cm³/mol. The van der Waals surface area contributed by atoms with Crippen molar-refractivity contribution in [1.29, 1.82) is 0 Å². The number of rotatable bonds is 6. The van der Waals surface area contributed by atoms with E-state index in [1.54, 1.807) is 19.9 Å². The molecular formula is C21H19F3N8O3. The maximum Gasteiger partial charge on any atom is 0.433 e. The first-order valence-corrected chi connectivity index (χ1v) is 10.4. The Balaban J connectivity index is 1.41. The van der Waals surface area contributed by atoms with E-state index in [4.69, 9.17) is 4.84 Å². The third-order valence-electron chi connectivity index (χ3n) is 5.09. The largest absolute Gasteiger partial charge is 0.433 e. The molecule has 3 N–H and O–H groups in total. The molecule has 0 fully saturated rings. The van der Waals surface area contributed by atoms with Crippen LogP contribution in [0.2, 0.25) is 0 Å².